The lowest BCUT2D eigenvalue weighted by atomic mass is 10.0. The van der Waals surface area contributed by atoms with Crippen LogP contribution in [0.2, 0.25) is 0 Å². The number of para-hydroxylation sites is 1. The zero-order valence-corrected chi connectivity index (χ0v) is 19.5. The van der Waals surface area contributed by atoms with Gasteiger partial charge in [0.25, 0.3) is 0 Å². The zero-order valence-electron chi connectivity index (χ0n) is 19.5. The molecule has 0 aliphatic rings. The number of alkyl halides is 2. The number of fused-ring (bicyclic) bond motifs is 1. The van der Waals surface area contributed by atoms with Gasteiger partial charge in [0.1, 0.15) is 11.6 Å². The largest absolute Gasteiger partial charge is 0.434 e. The van der Waals surface area contributed by atoms with Gasteiger partial charge in [0.15, 0.2) is 0 Å². The van der Waals surface area contributed by atoms with Crippen LogP contribution in [0.15, 0.2) is 66.9 Å². The molecule has 35 heavy (non-hydrogen) atoms. The Hall–Kier alpha value is -4.07. The van der Waals surface area contributed by atoms with Crippen molar-refractivity contribution in [2.24, 2.45) is 0 Å². The highest BCUT2D eigenvalue weighted by molar-refractivity contribution is 5.86. The summed E-state index contributed by atoms with van der Waals surface area (Å²) >= 11 is 0. The Balaban J connectivity index is 1.47. The minimum Gasteiger partial charge on any atom is -0.434 e. The number of hydrogen-bond donors (Lipinski definition) is 2. The third-order valence-corrected chi connectivity index (χ3v) is 5.81. The molecule has 8 heteroatoms. The molecule has 2 heterocycles. The normalized spacial score (nSPS) is 12.0. The highest BCUT2D eigenvalue weighted by atomic mass is 19.3. The first-order chi connectivity index (χ1) is 16.8. The second-order valence-corrected chi connectivity index (χ2v) is 8.31. The van der Waals surface area contributed by atoms with Crippen LogP contribution < -0.4 is 15.8 Å². The number of nitrogens with one attached hydrogen (secondary N) is 1. The number of benzene rings is 2. The number of nitrogens with two attached hydrogens (primary N) is 1. The topological polar surface area (TPSA) is 90.1 Å². The molecule has 0 saturated heterocycles. The van der Waals surface area contributed by atoms with Gasteiger partial charge >= 0.3 is 6.61 Å². The second-order valence-electron chi connectivity index (χ2n) is 8.31. The molecular weight excluding hydrogens is 450 g/mol. The molecule has 1 unspecified atom stereocenters. The fourth-order valence-electron chi connectivity index (χ4n) is 4.05. The molecule has 4 rings (SSSR count). The molecule has 0 saturated carbocycles. The van der Waals surface area contributed by atoms with Crippen molar-refractivity contribution in [1.29, 1.82) is 0 Å². The molecule has 180 valence electrons. The van der Waals surface area contributed by atoms with Crippen molar-refractivity contribution in [3.63, 3.8) is 0 Å². The molecule has 0 fully saturated rings. The van der Waals surface area contributed by atoms with Gasteiger partial charge in [-0.25, -0.2) is 4.98 Å². The van der Waals surface area contributed by atoms with Gasteiger partial charge in [-0.3, -0.25) is 9.78 Å². The maximum atomic E-state index is 12.7. The van der Waals surface area contributed by atoms with E-state index in [-0.39, 0.29) is 18.1 Å². The van der Waals surface area contributed by atoms with E-state index in [1.807, 2.05) is 43.3 Å². The fourth-order valence-corrected chi connectivity index (χ4v) is 4.05. The molecule has 3 N–H and O–H groups in total. The monoisotopic (exact) mass is 476 g/mol. The first-order valence-corrected chi connectivity index (χ1v) is 11.3. The van der Waals surface area contributed by atoms with Crippen LogP contribution in [0.25, 0.3) is 22.2 Å². The summed E-state index contributed by atoms with van der Waals surface area (Å²) in [6.45, 7) is 0.791. The number of rotatable bonds is 8. The van der Waals surface area contributed by atoms with E-state index in [1.54, 1.807) is 31.3 Å². The summed E-state index contributed by atoms with van der Waals surface area (Å²) in [5, 5.41) is 3.75. The van der Waals surface area contributed by atoms with E-state index in [0.717, 1.165) is 33.3 Å². The molecule has 2 aromatic carbocycles. The number of pyridine rings is 2. The molecule has 2 aromatic heterocycles. The van der Waals surface area contributed by atoms with Crippen LogP contribution in [0.3, 0.4) is 0 Å². The molecule has 1 amide bonds. The third kappa shape index (κ3) is 5.71. The number of aromatic nitrogens is 2. The lowest BCUT2D eigenvalue weighted by Crippen LogP contribution is -2.27. The summed E-state index contributed by atoms with van der Waals surface area (Å²) in [4.78, 5) is 21.6. The Labute approximate surface area is 202 Å². The number of hydrogen-bond acceptors (Lipinski definition) is 5. The maximum absolute atomic E-state index is 12.7. The van der Waals surface area contributed by atoms with E-state index in [9.17, 15) is 13.6 Å². The number of halogens is 2. The SMILES string of the molecule is Cc1cccnc1-c1ccc2nc(N)c(CCC(=O)NC(C)c3ccccc3OC(F)F)cc2c1. The molecule has 0 spiro atoms. The van der Waals surface area contributed by atoms with Crippen molar-refractivity contribution in [2.45, 2.75) is 39.3 Å². The van der Waals surface area contributed by atoms with Crippen molar-refractivity contribution in [1.82, 2.24) is 15.3 Å². The van der Waals surface area contributed by atoms with Gasteiger partial charge in [-0.15, -0.1) is 0 Å². The fraction of sp³-hybridized carbons (Fsp3) is 0.222. The van der Waals surface area contributed by atoms with Gasteiger partial charge in [0.05, 0.1) is 17.3 Å². The van der Waals surface area contributed by atoms with E-state index >= 15 is 0 Å². The van der Waals surface area contributed by atoms with Gasteiger partial charge < -0.3 is 15.8 Å². The van der Waals surface area contributed by atoms with Gasteiger partial charge in [-0.2, -0.15) is 8.78 Å². The number of carbonyl (C=O) groups excluding carboxylic acids is 1. The maximum Gasteiger partial charge on any atom is 0.387 e. The van der Waals surface area contributed by atoms with Crippen LogP contribution in [0.4, 0.5) is 14.6 Å². The Bertz CT molecular complexity index is 1360. The first-order valence-electron chi connectivity index (χ1n) is 11.3. The standard InChI is InChI=1S/C27H26F2N4O2/c1-16-6-5-13-31-25(16)18-9-11-22-20(14-18)15-19(26(30)33-22)10-12-24(34)32-17(2)21-7-3-4-8-23(21)35-27(28)29/h3-9,11,13-15,17,27H,10,12H2,1-2H3,(H2,30,33)(H,32,34). The molecule has 6 nitrogen and oxygen atoms in total. The number of ether oxygens (including phenoxy) is 1. The predicted molar refractivity (Wildman–Crippen MR) is 132 cm³/mol. The van der Waals surface area contributed by atoms with E-state index in [2.05, 4.69) is 20.0 Å². The van der Waals surface area contributed by atoms with E-state index in [4.69, 9.17) is 5.73 Å². The van der Waals surface area contributed by atoms with Crippen LogP contribution in [-0.4, -0.2) is 22.5 Å². The van der Waals surface area contributed by atoms with Gasteiger partial charge in [0.2, 0.25) is 5.91 Å². The average molecular weight is 477 g/mol. The Morgan fingerprint density at radius 3 is 2.69 bits per heavy atom. The average Bonchev–Trinajstić information content (AvgIpc) is 2.82. The highest BCUT2D eigenvalue weighted by Gasteiger charge is 2.17. The number of aryl methyl sites for hydroxylation is 2. The molecule has 0 aliphatic carbocycles. The Morgan fingerprint density at radius 2 is 1.91 bits per heavy atom. The summed E-state index contributed by atoms with van der Waals surface area (Å²) < 4.78 is 30.0. The van der Waals surface area contributed by atoms with Crippen LogP contribution >= 0.6 is 0 Å². The van der Waals surface area contributed by atoms with Crippen molar-refractivity contribution in [3.8, 4) is 17.0 Å². The minimum atomic E-state index is -2.94. The van der Waals surface area contributed by atoms with Crippen LogP contribution in [0.1, 0.15) is 36.1 Å². The van der Waals surface area contributed by atoms with Gasteiger partial charge in [0, 0.05) is 29.1 Å². The molecule has 1 atom stereocenters. The predicted octanol–water partition coefficient (Wildman–Crippen LogP) is 5.60. The lowest BCUT2D eigenvalue weighted by Gasteiger charge is -2.18. The molecule has 0 radical (unpaired) electrons. The van der Waals surface area contributed by atoms with Gasteiger partial charge in [-0.1, -0.05) is 30.3 Å². The summed E-state index contributed by atoms with van der Waals surface area (Å²) in [7, 11) is 0. The number of nitrogens with zero attached hydrogens (tertiary/aromatic N) is 2. The van der Waals surface area contributed by atoms with Crippen molar-refractivity contribution in [2.75, 3.05) is 5.73 Å². The number of carbonyl (C=O) groups is 1. The third-order valence-electron chi connectivity index (χ3n) is 5.81. The number of nitrogen functional groups attached to an aromatic ring is 1. The summed E-state index contributed by atoms with van der Waals surface area (Å²) in [6, 6.07) is 17.7. The van der Waals surface area contributed by atoms with E-state index < -0.39 is 12.7 Å². The second kappa shape index (κ2) is 10.5. The van der Waals surface area contributed by atoms with E-state index in [0.29, 0.717) is 17.8 Å². The summed E-state index contributed by atoms with van der Waals surface area (Å²) in [6.07, 6.45) is 2.31. The molecule has 4 aromatic rings. The first kappa shape index (κ1) is 24.1. The number of amides is 1. The van der Waals surface area contributed by atoms with Crippen LogP contribution in [-0.2, 0) is 11.2 Å². The Morgan fingerprint density at radius 1 is 1.11 bits per heavy atom. The van der Waals surface area contributed by atoms with Gasteiger partial charge in [-0.05, 0) is 61.7 Å². The minimum absolute atomic E-state index is 0.0391. The smallest absolute Gasteiger partial charge is 0.387 e. The molecule has 0 aliphatic heterocycles. The van der Waals surface area contributed by atoms with Crippen molar-refractivity contribution < 1.29 is 18.3 Å². The van der Waals surface area contributed by atoms with Crippen LogP contribution in [0, 0.1) is 6.92 Å². The summed E-state index contributed by atoms with van der Waals surface area (Å²) in [5.41, 5.74) is 11.1. The Kier molecular flexibility index (Phi) is 7.19. The number of anilines is 1. The van der Waals surface area contributed by atoms with Crippen molar-refractivity contribution >= 4 is 22.6 Å². The van der Waals surface area contributed by atoms with Crippen LogP contribution in [0.5, 0.6) is 5.75 Å². The quantitative estimate of drug-likeness (QED) is 0.346. The summed E-state index contributed by atoms with van der Waals surface area (Å²) in [5.74, 6) is 0.176. The molecule has 0 bridgehead atoms. The highest BCUT2D eigenvalue weighted by Crippen LogP contribution is 2.28. The lowest BCUT2D eigenvalue weighted by molar-refractivity contribution is -0.121. The van der Waals surface area contributed by atoms with E-state index in [1.165, 1.54) is 6.07 Å². The zero-order chi connectivity index (χ0) is 24.9. The van der Waals surface area contributed by atoms with Crippen molar-refractivity contribution in [3.05, 3.63) is 83.6 Å². The molecular formula is C27H26F2N4O2.